The van der Waals surface area contributed by atoms with Crippen molar-refractivity contribution < 1.29 is 0 Å². The molecule has 2 heterocycles. The molecule has 0 saturated heterocycles. The summed E-state index contributed by atoms with van der Waals surface area (Å²) in [6.45, 7) is 2.61. The van der Waals surface area contributed by atoms with Gasteiger partial charge in [0.1, 0.15) is 0 Å². The quantitative estimate of drug-likeness (QED) is 0.805. The molecule has 1 N–H and O–H groups in total. The smallest absolute Gasteiger partial charge is 0.252 e. The summed E-state index contributed by atoms with van der Waals surface area (Å²) in [5.41, 5.74) is 2.77. The van der Waals surface area contributed by atoms with E-state index in [1.807, 2.05) is 36.6 Å². The lowest BCUT2D eigenvalue weighted by Crippen LogP contribution is -2.17. The molecule has 2 aromatic heterocycles. The summed E-state index contributed by atoms with van der Waals surface area (Å²) in [6.07, 6.45) is 0. The van der Waals surface area contributed by atoms with E-state index in [1.165, 1.54) is 0 Å². The number of para-hydroxylation sites is 1. The largest absolute Gasteiger partial charge is 0.379 e. The number of hydrogen-bond acceptors (Lipinski definition) is 4. The second-order valence-corrected chi connectivity index (χ2v) is 5.75. The Morgan fingerprint density at radius 2 is 2.15 bits per heavy atom. The number of rotatable bonds is 3. The SMILES string of the molecule is Cc1nc(CNc2cc(=O)n(C)c3ccccc23)cs1. The number of hydrogen-bond donors (Lipinski definition) is 1. The normalized spacial score (nSPS) is 10.9. The fraction of sp³-hybridized carbons (Fsp3) is 0.200. The summed E-state index contributed by atoms with van der Waals surface area (Å²) in [5.74, 6) is 0. The first kappa shape index (κ1) is 12.9. The van der Waals surface area contributed by atoms with Crippen LogP contribution in [0.1, 0.15) is 10.7 Å². The number of fused-ring (bicyclic) bond motifs is 1. The molecule has 0 unspecified atom stereocenters. The van der Waals surface area contributed by atoms with Crippen LogP contribution in [0.5, 0.6) is 0 Å². The van der Waals surface area contributed by atoms with Crippen molar-refractivity contribution >= 4 is 27.9 Å². The molecule has 5 heteroatoms. The maximum Gasteiger partial charge on any atom is 0.252 e. The molecule has 0 fully saturated rings. The van der Waals surface area contributed by atoms with Crippen molar-refractivity contribution in [1.29, 1.82) is 0 Å². The number of thiazole rings is 1. The number of aromatic nitrogens is 2. The highest BCUT2D eigenvalue weighted by atomic mass is 32.1. The number of nitrogens with one attached hydrogen (secondary N) is 1. The van der Waals surface area contributed by atoms with Gasteiger partial charge in [0.15, 0.2) is 0 Å². The van der Waals surface area contributed by atoms with Gasteiger partial charge in [-0.1, -0.05) is 18.2 Å². The van der Waals surface area contributed by atoms with Crippen LogP contribution in [0.4, 0.5) is 5.69 Å². The summed E-state index contributed by atoms with van der Waals surface area (Å²) >= 11 is 1.63. The van der Waals surface area contributed by atoms with Crippen molar-refractivity contribution in [1.82, 2.24) is 9.55 Å². The van der Waals surface area contributed by atoms with Gasteiger partial charge in [0.2, 0.25) is 0 Å². The summed E-state index contributed by atoms with van der Waals surface area (Å²) in [4.78, 5) is 16.4. The molecule has 1 aromatic carbocycles. The Kier molecular flexibility index (Phi) is 3.28. The fourth-order valence-corrected chi connectivity index (χ4v) is 2.84. The molecule has 20 heavy (non-hydrogen) atoms. The molecule has 0 aliphatic heterocycles. The molecule has 0 atom stereocenters. The number of pyridine rings is 1. The molecule has 0 aliphatic rings. The van der Waals surface area contributed by atoms with Crippen molar-refractivity contribution in [2.24, 2.45) is 7.05 Å². The van der Waals surface area contributed by atoms with E-state index in [-0.39, 0.29) is 5.56 Å². The zero-order chi connectivity index (χ0) is 14.1. The van der Waals surface area contributed by atoms with Gasteiger partial charge in [0, 0.05) is 29.6 Å². The first-order chi connectivity index (χ1) is 9.65. The van der Waals surface area contributed by atoms with Crippen LogP contribution in [-0.2, 0) is 13.6 Å². The van der Waals surface area contributed by atoms with Gasteiger partial charge >= 0.3 is 0 Å². The van der Waals surface area contributed by atoms with Crippen LogP contribution in [0.25, 0.3) is 10.9 Å². The highest BCUT2D eigenvalue weighted by Gasteiger charge is 2.06. The molecule has 0 aliphatic carbocycles. The van der Waals surface area contributed by atoms with E-state index in [9.17, 15) is 4.79 Å². The third kappa shape index (κ3) is 2.32. The second kappa shape index (κ2) is 5.09. The van der Waals surface area contributed by atoms with E-state index < -0.39 is 0 Å². The summed E-state index contributed by atoms with van der Waals surface area (Å²) in [6, 6.07) is 9.53. The Hall–Kier alpha value is -2.14. The molecular formula is C15H15N3OS. The van der Waals surface area contributed by atoms with Gasteiger partial charge in [0.05, 0.1) is 22.8 Å². The number of aryl methyl sites for hydroxylation is 2. The molecule has 0 radical (unpaired) electrons. The highest BCUT2D eigenvalue weighted by molar-refractivity contribution is 7.09. The van der Waals surface area contributed by atoms with Gasteiger partial charge < -0.3 is 9.88 Å². The predicted octanol–water partition coefficient (Wildman–Crippen LogP) is 2.92. The highest BCUT2D eigenvalue weighted by Crippen LogP contribution is 2.21. The Morgan fingerprint density at radius 1 is 1.35 bits per heavy atom. The van der Waals surface area contributed by atoms with Crippen molar-refractivity contribution in [2.75, 3.05) is 5.32 Å². The van der Waals surface area contributed by atoms with Crippen molar-refractivity contribution in [2.45, 2.75) is 13.5 Å². The topological polar surface area (TPSA) is 46.9 Å². The molecule has 102 valence electrons. The third-order valence-corrected chi connectivity index (χ3v) is 4.10. The van der Waals surface area contributed by atoms with Crippen molar-refractivity contribution in [3.63, 3.8) is 0 Å². The summed E-state index contributed by atoms with van der Waals surface area (Å²) in [5, 5.41) is 7.44. The number of anilines is 1. The van der Waals surface area contributed by atoms with E-state index in [0.29, 0.717) is 6.54 Å². The Morgan fingerprint density at radius 3 is 2.90 bits per heavy atom. The second-order valence-electron chi connectivity index (χ2n) is 4.68. The molecule has 0 amide bonds. The summed E-state index contributed by atoms with van der Waals surface area (Å²) < 4.78 is 1.66. The van der Waals surface area contributed by atoms with E-state index in [0.717, 1.165) is 27.3 Å². The minimum atomic E-state index is -0.0133. The van der Waals surface area contributed by atoms with Crippen LogP contribution in [-0.4, -0.2) is 9.55 Å². The lowest BCUT2D eigenvalue weighted by molar-refractivity contribution is 0.905. The molecule has 0 saturated carbocycles. The van der Waals surface area contributed by atoms with Crippen LogP contribution in [0, 0.1) is 6.92 Å². The number of nitrogens with zero attached hydrogens (tertiary/aromatic N) is 2. The molecule has 4 nitrogen and oxygen atoms in total. The maximum absolute atomic E-state index is 12.0. The lowest BCUT2D eigenvalue weighted by Gasteiger charge is -2.11. The van der Waals surface area contributed by atoms with Crippen LogP contribution in [0.3, 0.4) is 0 Å². The number of benzene rings is 1. The maximum atomic E-state index is 12.0. The monoisotopic (exact) mass is 285 g/mol. The zero-order valence-electron chi connectivity index (χ0n) is 11.4. The minimum Gasteiger partial charge on any atom is -0.379 e. The van der Waals surface area contributed by atoms with Crippen molar-refractivity contribution in [3.05, 3.63) is 56.8 Å². The molecular weight excluding hydrogens is 270 g/mol. The molecule has 3 rings (SSSR count). The lowest BCUT2D eigenvalue weighted by atomic mass is 10.2. The van der Waals surface area contributed by atoms with Gasteiger partial charge in [-0.2, -0.15) is 0 Å². The van der Waals surface area contributed by atoms with Crippen LogP contribution in [0.2, 0.25) is 0 Å². The van der Waals surface area contributed by atoms with E-state index >= 15 is 0 Å². The average molecular weight is 285 g/mol. The predicted molar refractivity (Wildman–Crippen MR) is 83.4 cm³/mol. The van der Waals surface area contributed by atoms with Gasteiger partial charge in [-0.15, -0.1) is 11.3 Å². The van der Waals surface area contributed by atoms with E-state index in [2.05, 4.69) is 10.3 Å². The van der Waals surface area contributed by atoms with Gasteiger partial charge in [0.25, 0.3) is 5.56 Å². The fourth-order valence-electron chi connectivity index (χ4n) is 2.23. The van der Waals surface area contributed by atoms with E-state index in [4.69, 9.17) is 0 Å². The first-order valence-corrected chi connectivity index (χ1v) is 7.27. The first-order valence-electron chi connectivity index (χ1n) is 6.39. The Bertz CT molecular complexity index is 819. The minimum absolute atomic E-state index is 0.0133. The molecule has 3 aromatic rings. The van der Waals surface area contributed by atoms with Gasteiger partial charge in [-0.05, 0) is 13.0 Å². The Labute approximate surface area is 120 Å². The average Bonchev–Trinajstić information content (AvgIpc) is 2.87. The van der Waals surface area contributed by atoms with E-state index in [1.54, 1.807) is 29.0 Å². The van der Waals surface area contributed by atoms with Crippen LogP contribution >= 0.6 is 11.3 Å². The molecule has 0 spiro atoms. The Balaban J connectivity index is 1.99. The van der Waals surface area contributed by atoms with Crippen LogP contribution < -0.4 is 10.9 Å². The standard InChI is InChI=1S/C15H15N3OS/c1-10-17-11(9-20-10)8-16-13-7-15(19)18(2)14-6-4-3-5-12(13)14/h3-7,9,16H,8H2,1-2H3. The van der Waals surface area contributed by atoms with Crippen LogP contribution in [0.15, 0.2) is 40.5 Å². The van der Waals surface area contributed by atoms with Crippen molar-refractivity contribution in [3.8, 4) is 0 Å². The summed E-state index contributed by atoms with van der Waals surface area (Å²) in [7, 11) is 1.79. The van der Waals surface area contributed by atoms with Gasteiger partial charge in [-0.3, -0.25) is 4.79 Å². The zero-order valence-corrected chi connectivity index (χ0v) is 12.2. The molecule has 0 bridgehead atoms. The van der Waals surface area contributed by atoms with Gasteiger partial charge in [-0.25, -0.2) is 4.98 Å². The third-order valence-electron chi connectivity index (χ3n) is 3.28.